The summed E-state index contributed by atoms with van der Waals surface area (Å²) >= 11 is 0. The summed E-state index contributed by atoms with van der Waals surface area (Å²) in [6.45, 7) is 11.5. The van der Waals surface area contributed by atoms with Gasteiger partial charge in [0.15, 0.2) is 0 Å². The number of carbonyl (C=O) groups is 3. The molecule has 2 amide bonds. The maximum absolute atomic E-state index is 12.6. The molecule has 7 heteroatoms. The highest BCUT2D eigenvalue weighted by molar-refractivity contribution is 5.90. The first kappa shape index (κ1) is 22.2. The molecule has 0 rings (SSSR count). The number of esters is 1. The average Bonchev–Trinajstić information content (AvgIpc) is 2.56. The predicted octanol–water partition coefficient (Wildman–Crippen LogP) is 2.24. The second-order valence-electron chi connectivity index (χ2n) is 5.85. The van der Waals surface area contributed by atoms with Gasteiger partial charge in [0.25, 0.3) is 0 Å². The minimum atomic E-state index is -0.768. The van der Waals surface area contributed by atoms with Gasteiger partial charge in [-0.1, -0.05) is 40.5 Å². The second-order valence-corrected chi connectivity index (χ2v) is 5.85. The third-order valence-electron chi connectivity index (χ3n) is 4.10. The number of ether oxygens (including phenoxy) is 2. The zero-order valence-corrected chi connectivity index (χ0v) is 15.7. The molecule has 7 nitrogen and oxygen atoms in total. The fourth-order valence-electron chi connectivity index (χ4n) is 2.15. The van der Waals surface area contributed by atoms with Crippen molar-refractivity contribution in [2.45, 2.75) is 66.5 Å². The van der Waals surface area contributed by atoms with Gasteiger partial charge in [-0.2, -0.15) is 0 Å². The lowest BCUT2D eigenvalue weighted by Gasteiger charge is -2.27. The molecule has 24 heavy (non-hydrogen) atoms. The van der Waals surface area contributed by atoms with E-state index in [2.05, 4.69) is 10.6 Å². The molecule has 0 heterocycles. The van der Waals surface area contributed by atoms with Gasteiger partial charge < -0.3 is 20.1 Å². The summed E-state index contributed by atoms with van der Waals surface area (Å²) in [5.74, 6) is -1.04. The van der Waals surface area contributed by atoms with Gasteiger partial charge in [0.2, 0.25) is 5.91 Å². The van der Waals surface area contributed by atoms with Crippen LogP contribution in [0.15, 0.2) is 0 Å². The Balaban J connectivity index is 5.15. The first-order valence-electron chi connectivity index (χ1n) is 8.72. The number of hydrogen-bond acceptors (Lipinski definition) is 5. The lowest BCUT2D eigenvalue weighted by molar-refractivity contribution is -0.149. The number of alkyl carbamates (subject to hydrolysis) is 1. The van der Waals surface area contributed by atoms with Crippen LogP contribution >= 0.6 is 0 Å². The van der Waals surface area contributed by atoms with Gasteiger partial charge in [0.1, 0.15) is 12.1 Å². The van der Waals surface area contributed by atoms with E-state index in [4.69, 9.17) is 9.47 Å². The molecule has 0 aromatic carbocycles. The highest BCUT2D eigenvalue weighted by Crippen LogP contribution is 2.13. The van der Waals surface area contributed by atoms with Crippen molar-refractivity contribution in [1.29, 1.82) is 0 Å². The number of nitrogens with one attached hydrogen (secondary N) is 2. The predicted molar refractivity (Wildman–Crippen MR) is 91.4 cm³/mol. The van der Waals surface area contributed by atoms with Crippen LogP contribution < -0.4 is 10.6 Å². The summed E-state index contributed by atoms with van der Waals surface area (Å²) in [7, 11) is 0. The molecule has 0 aromatic rings. The van der Waals surface area contributed by atoms with Crippen LogP contribution in [0.4, 0.5) is 4.79 Å². The highest BCUT2D eigenvalue weighted by atomic mass is 16.5. The summed E-state index contributed by atoms with van der Waals surface area (Å²) in [6, 6.07) is -1.51. The van der Waals surface area contributed by atoms with E-state index in [1.165, 1.54) is 0 Å². The van der Waals surface area contributed by atoms with Crippen LogP contribution in [0.2, 0.25) is 0 Å². The van der Waals surface area contributed by atoms with Gasteiger partial charge in [0, 0.05) is 0 Å². The Hall–Kier alpha value is -1.79. The topological polar surface area (TPSA) is 93.7 Å². The zero-order valence-electron chi connectivity index (χ0n) is 15.7. The maximum Gasteiger partial charge on any atom is 0.407 e. The van der Waals surface area contributed by atoms with E-state index < -0.39 is 30.1 Å². The minimum Gasteiger partial charge on any atom is -0.464 e. The molecular weight excluding hydrogens is 312 g/mol. The lowest BCUT2D eigenvalue weighted by Crippen LogP contribution is -2.55. The first-order chi connectivity index (χ1) is 11.3. The van der Waals surface area contributed by atoms with Gasteiger partial charge in [-0.3, -0.25) is 4.79 Å². The van der Waals surface area contributed by atoms with E-state index in [-0.39, 0.29) is 25.0 Å². The third kappa shape index (κ3) is 7.19. The smallest absolute Gasteiger partial charge is 0.407 e. The summed E-state index contributed by atoms with van der Waals surface area (Å²) in [4.78, 5) is 36.4. The van der Waals surface area contributed by atoms with E-state index in [1.807, 2.05) is 27.7 Å². The van der Waals surface area contributed by atoms with Crippen molar-refractivity contribution in [1.82, 2.24) is 10.6 Å². The fourth-order valence-corrected chi connectivity index (χ4v) is 2.15. The van der Waals surface area contributed by atoms with Crippen molar-refractivity contribution in [2.24, 2.45) is 11.8 Å². The van der Waals surface area contributed by atoms with Crippen LogP contribution in [0.5, 0.6) is 0 Å². The van der Waals surface area contributed by atoms with Crippen LogP contribution in [-0.4, -0.2) is 43.3 Å². The summed E-state index contributed by atoms with van der Waals surface area (Å²) < 4.78 is 9.90. The molecule has 0 aromatic heterocycles. The standard InChI is InChI=1S/C17H32N2O5/c1-7-11(5)13(19-17(22)24-10-4)15(20)18-14(12(6)8-2)16(21)23-9-3/h11-14H,7-10H2,1-6H3,(H,18,20)(H,19,22). The van der Waals surface area contributed by atoms with Crippen molar-refractivity contribution in [2.75, 3.05) is 13.2 Å². The highest BCUT2D eigenvalue weighted by Gasteiger charge is 2.32. The van der Waals surface area contributed by atoms with E-state index in [0.29, 0.717) is 12.8 Å². The molecule has 0 spiro atoms. The maximum atomic E-state index is 12.6. The Morgan fingerprint density at radius 2 is 1.29 bits per heavy atom. The SMILES string of the molecule is CCOC(=O)NC(C(=O)NC(C(=O)OCC)C(C)CC)C(C)CC. The van der Waals surface area contributed by atoms with Crippen molar-refractivity contribution in [3.8, 4) is 0 Å². The van der Waals surface area contributed by atoms with Crippen LogP contribution in [-0.2, 0) is 19.1 Å². The summed E-state index contributed by atoms with van der Waals surface area (Å²) in [5, 5.41) is 5.31. The summed E-state index contributed by atoms with van der Waals surface area (Å²) in [5.41, 5.74) is 0. The molecule has 0 radical (unpaired) electrons. The third-order valence-corrected chi connectivity index (χ3v) is 4.10. The van der Waals surface area contributed by atoms with Gasteiger partial charge >= 0.3 is 12.1 Å². The van der Waals surface area contributed by atoms with Gasteiger partial charge in [0.05, 0.1) is 13.2 Å². The van der Waals surface area contributed by atoms with Crippen LogP contribution in [0.1, 0.15) is 54.4 Å². The first-order valence-corrected chi connectivity index (χ1v) is 8.72. The van der Waals surface area contributed by atoms with Gasteiger partial charge in [-0.15, -0.1) is 0 Å². The summed E-state index contributed by atoms with van der Waals surface area (Å²) in [6.07, 6.45) is 0.759. The molecular formula is C17H32N2O5. The number of rotatable bonds is 10. The zero-order chi connectivity index (χ0) is 18.7. The Bertz CT molecular complexity index is 414. The quantitative estimate of drug-likeness (QED) is 0.593. The van der Waals surface area contributed by atoms with Crippen molar-refractivity contribution < 1.29 is 23.9 Å². The molecule has 140 valence electrons. The van der Waals surface area contributed by atoms with Crippen LogP contribution in [0.25, 0.3) is 0 Å². The van der Waals surface area contributed by atoms with Crippen LogP contribution in [0.3, 0.4) is 0 Å². The molecule has 4 atom stereocenters. The molecule has 4 unspecified atom stereocenters. The van der Waals surface area contributed by atoms with Gasteiger partial charge in [-0.05, 0) is 25.7 Å². The number of hydrogen-bond donors (Lipinski definition) is 2. The number of amides is 2. The molecule has 0 saturated heterocycles. The molecule has 0 bridgehead atoms. The molecule has 0 aliphatic heterocycles. The Labute approximate surface area is 144 Å². The van der Waals surface area contributed by atoms with E-state index >= 15 is 0 Å². The van der Waals surface area contributed by atoms with E-state index in [0.717, 1.165) is 0 Å². The molecule has 0 aliphatic rings. The normalized spacial score (nSPS) is 15.6. The molecule has 0 aliphatic carbocycles. The Kier molecular flexibility index (Phi) is 10.8. The van der Waals surface area contributed by atoms with Crippen LogP contribution in [0, 0.1) is 11.8 Å². The van der Waals surface area contributed by atoms with Crippen molar-refractivity contribution in [3.05, 3.63) is 0 Å². The lowest BCUT2D eigenvalue weighted by atomic mass is 9.95. The Morgan fingerprint density at radius 3 is 1.75 bits per heavy atom. The van der Waals surface area contributed by atoms with Gasteiger partial charge in [-0.25, -0.2) is 9.59 Å². The molecule has 2 N–H and O–H groups in total. The minimum absolute atomic E-state index is 0.0758. The molecule has 0 fully saturated rings. The molecule has 0 saturated carbocycles. The van der Waals surface area contributed by atoms with E-state index in [1.54, 1.807) is 13.8 Å². The average molecular weight is 344 g/mol. The second kappa shape index (κ2) is 11.7. The Morgan fingerprint density at radius 1 is 0.792 bits per heavy atom. The largest absolute Gasteiger partial charge is 0.464 e. The monoisotopic (exact) mass is 344 g/mol. The van der Waals surface area contributed by atoms with Crippen molar-refractivity contribution in [3.63, 3.8) is 0 Å². The van der Waals surface area contributed by atoms with E-state index in [9.17, 15) is 14.4 Å². The fraction of sp³-hybridized carbons (Fsp3) is 0.824. The van der Waals surface area contributed by atoms with Crippen molar-refractivity contribution >= 4 is 18.0 Å². The number of carbonyl (C=O) groups excluding carboxylic acids is 3.